The minimum absolute atomic E-state index is 0.00253. The zero-order chi connectivity index (χ0) is 20.3. The SMILES string of the molecule is CC(=O)N1CCc2cc(C(=O)Nc3ccccc3NC(=O)NC(C)C)ccc21. The number of amides is 4. The second-order valence-corrected chi connectivity index (χ2v) is 7.02. The van der Waals surface area contributed by atoms with Gasteiger partial charge in [-0.25, -0.2) is 4.79 Å². The first-order valence-electron chi connectivity index (χ1n) is 9.24. The summed E-state index contributed by atoms with van der Waals surface area (Å²) in [4.78, 5) is 38.1. The van der Waals surface area contributed by atoms with Crippen LogP contribution >= 0.6 is 0 Å². The largest absolute Gasteiger partial charge is 0.336 e. The molecule has 1 aliphatic rings. The van der Waals surface area contributed by atoms with Crippen molar-refractivity contribution in [3.05, 3.63) is 53.6 Å². The summed E-state index contributed by atoms with van der Waals surface area (Å²) >= 11 is 0. The Morgan fingerprint density at radius 3 is 2.32 bits per heavy atom. The van der Waals surface area contributed by atoms with Gasteiger partial charge in [-0.05, 0) is 56.2 Å². The molecule has 7 nitrogen and oxygen atoms in total. The standard InChI is InChI=1S/C21H24N4O3/c1-13(2)22-21(28)24-18-7-5-4-6-17(18)23-20(27)16-8-9-19-15(12-16)10-11-25(19)14(3)26/h4-9,12-13H,10-11H2,1-3H3,(H,23,27)(H2,22,24,28). The van der Waals surface area contributed by atoms with E-state index in [2.05, 4.69) is 16.0 Å². The zero-order valence-corrected chi connectivity index (χ0v) is 16.2. The molecule has 1 aliphatic heterocycles. The fourth-order valence-corrected chi connectivity index (χ4v) is 3.19. The first-order valence-corrected chi connectivity index (χ1v) is 9.24. The van der Waals surface area contributed by atoms with Gasteiger partial charge in [-0.1, -0.05) is 12.1 Å². The third-order valence-corrected chi connectivity index (χ3v) is 4.46. The first-order chi connectivity index (χ1) is 13.3. The molecule has 0 radical (unpaired) electrons. The molecule has 0 unspecified atom stereocenters. The normalized spacial score (nSPS) is 12.5. The molecule has 2 aromatic carbocycles. The summed E-state index contributed by atoms with van der Waals surface area (Å²) in [5.74, 6) is -0.279. The van der Waals surface area contributed by atoms with Crippen LogP contribution in [-0.2, 0) is 11.2 Å². The molecule has 3 N–H and O–H groups in total. The molecule has 0 bridgehead atoms. The van der Waals surface area contributed by atoms with Crippen molar-refractivity contribution in [3.63, 3.8) is 0 Å². The van der Waals surface area contributed by atoms with E-state index in [1.165, 1.54) is 6.92 Å². The molecule has 2 aromatic rings. The smallest absolute Gasteiger partial charge is 0.319 e. The number of urea groups is 1. The number of rotatable bonds is 4. The average molecular weight is 380 g/mol. The highest BCUT2D eigenvalue weighted by Crippen LogP contribution is 2.29. The van der Waals surface area contributed by atoms with Crippen LogP contribution in [0.15, 0.2) is 42.5 Å². The maximum absolute atomic E-state index is 12.7. The lowest BCUT2D eigenvalue weighted by atomic mass is 10.1. The summed E-state index contributed by atoms with van der Waals surface area (Å²) in [6, 6.07) is 12.0. The second-order valence-electron chi connectivity index (χ2n) is 7.02. The summed E-state index contributed by atoms with van der Waals surface area (Å²) < 4.78 is 0. The lowest BCUT2D eigenvalue weighted by molar-refractivity contribution is -0.116. The van der Waals surface area contributed by atoms with Gasteiger partial charge in [-0.15, -0.1) is 0 Å². The van der Waals surface area contributed by atoms with Crippen molar-refractivity contribution in [3.8, 4) is 0 Å². The highest BCUT2D eigenvalue weighted by Gasteiger charge is 2.23. The fraction of sp³-hybridized carbons (Fsp3) is 0.286. The van der Waals surface area contributed by atoms with E-state index in [9.17, 15) is 14.4 Å². The average Bonchev–Trinajstić information content (AvgIpc) is 3.06. The number of hydrogen-bond donors (Lipinski definition) is 3. The monoisotopic (exact) mass is 380 g/mol. The zero-order valence-electron chi connectivity index (χ0n) is 16.2. The van der Waals surface area contributed by atoms with Crippen molar-refractivity contribution >= 4 is 34.9 Å². The third-order valence-electron chi connectivity index (χ3n) is 4.46. The van der Waals surface area contributed by atoms with Gasteiger partial charge in [0.05, 0.1) is 11.4 Å². The number of carbonyl (C=O) groups excluding carboxylic acids is 3. The summed E-state index contributed by atoms with van der Waals surface area (Å²) in [7, 11) is 0. The minimum atomic E-state index is -0.335. The van der Waals surface area contributed by atoms with Gasteiger partial charge in [-0.2, -0.15) is 0 Å². The minimum Gasteiger partial charge on any atom is -0.336 e. The molecule has 28 heavy (non-hydrogen) atoms. The van der Waals surface area contributed by atoms with Crippen LogP contribution in [0.1, 0.15) is 36.7 Å². The highest BCUT2D eigenvalue weighted by molar-refractivity contribution is 6.07. The molecule has 0 aromatic heterocycles. The summed E-state index contributed by atoms with van der Waals surface area (Å²) in [5, 5.41) is 8.35. The van der Waals surface area contributed by atoms with E-state index in [-0.39, 0.29) is 23.9 Å². The molecule has 4 amide bonds. The predicted molar refractivity (Wildman–Crippen MR) is 110 cm³/mol. The van der Waals surface area contributed by atoms with Gasteiger partial charge >= 0.3 is 6.03 Å². The Labute approximate surface area is 164 Å². The van der Waals surface area contributed by atoms with E-state index in [0.29, 0.717) is 23.5 Å². The Kier molecular flexibility index (Phi) is 5.63. The topological polar surface area (TPSA) is 90.5 Å². The van der Waals surface area contributed by atoms with Crippen LogP contribution in [-0.4, -0.2) is 30.4 Å². The maximum Gasteiger partial charge on any atom is 0.319 e. The Hall–Kier alpha value is -3.35. The van der Waals surface area contributed by atoms with Crippen molar-refractivity contribution < 1.29 is 14.4 Å². The number of nitrogens with one attached hydrogen (secondary N) is 3. The lowest BCUT2D eigenvalue weighted by Gasteiger charge is -2.16. The van der Waals surface area contributed by atoms with Crippen molar-refractivity contribution in [2.45, 2.75) is 33.2 Å². The Morgan fingerprint density at radius 2 is 1.68 bits per heavy atom. The number of fused-ring (bicyclic) bond motifs is 1. The van der Waals surface area contributed by atoms with Crippen LogP contribution in [0, 0.1) is 0 Å². The van der Waals surface area contributed by atoms with E-state index < -0.39 is 0 Å². The molecule has 3 rings (SSSR count). The Balaban J connectivity index is 1.76. The molecule has 0 fully saturated rings. The third kappa shape index (κ3) is 4.31. The molecule has 7 heteroatoms. The van der Waals surface area contributed by atoms with Crippen molar-refractivity contribution in [2.75, 3.05) is 22.1 Å². The van der Waals surface area contributed by atoms with Gasteiger partial charge in [0.25, 0.3) is 5.91 Å². The predicted octanol–water partition coefficient (Wildman–Crippen LogP) is 3.38. The number of hydrogen-bond acceptors (Lipinski definition) is 3. The maximum atomic E-state index is 12.7. The van der Waals surface area contributed by atoms with E-state index in [1.54, 1.807) is 41.3 Å². The summed E-state index contributed by atoms with van der Waals surface area (Å²) in [5.41, 5.74) is 3.36. The number of anilines is 3. The molecule has 0 spiro atoms. The van der Waals surface area contributed by atoms with Crippen LogP contribution in [0.5, 0.6) is 0 Å². The molecule has 1 heterocycles. The van der Waals surface area contributed by atoms with Gasteiger partial charge < -0.3 is 20.9 Å². The number of nitrogens with zero attached hydrogens (tertiary/aromatic N) is 1. The van der Waals surface area contributed by atoms with Crippen LogP contribution in [0.4, 0.5) is 21.9 Å². The Morgan fingerprint density at radius 1 is 1.00 bits per heavy atom. The molecule has 0 atom stereocenters. The molecular weight excluding hydrogens is 356 g/mol. The van der Waals surface area contributed by atoms with E-state index in [4.69, 9.17) is 0 Å². The quantitative estimate of drug-likeness (QED) is 0.759. The molecule has 0 aliphatic carbocycles. The molecule has 0 saturated heterocycles. The van der Waals surface area contributed by atoms with E-state index in [1.807, 2.05) is 19.9 Å². The van der Waals surface area contributed by atoms with Gasteiger partial charge in [0.2, 0.25) is 5.91 Å². The van der Waals surface area contributed by atoms with E-state index >= 15 is 0 Å². The number of carbonyl (C=O) groups is 3. The molecule has 146 valence electrons. The van der Waals surface area contributed by atoms with Gasteiger partial charge in [0.15, 0.2) is 0 Å². The van der Waals surface area contributed by atoms with Crippen LogP contribution in [0.25, 0.3) is 0 Å². The van der Waals surface area contributed by atoms with Crippen LogP contribution in [0.3, 0.4) is 0 Å². The van der Waals surface area contributed by atoms with Gasteiger partial charge in [0, 0.05) is 30.8 Å². The lowest BCUT2D eigenvalue weighted by Crippen LogP contribution is -2.34. The van der Waals surface area contributed by atoms with Crippen molar-refractivity contribution in [2.24, 2.45) is 0 Å². The fourth-order valence-electron chi connectivity index (χ4n) is 3.19. The molecule has 0 saturated carbocycles. The van der Waals surface area contributed by atoms with Crippen molar-refractivity contribution in [1.29, 1.82) is 0 Å². The van der Waals surface area contributed by atoms with Gasteiger partial charge in [-0.3, -0.25) is 9.59 Å². The molecular formula is C21H24N4O3. The van der Waals surface area contributed by atoms with Crippen molar-refractivity contribution in [1.82, 2.24) is 5.32 Å². The summed E-state index contributed by atoms with van der Waals surface area (Å²) in [6.07, 6.45) is 0.726. The van der Waals surface area contributed by atoms with E-state index in [0.717, 1.165) is 17.7 Å². The number of benzene rings is 2. The van der Waals surface area contributed by atoms with Gasteiger partial charge in [0.1, 0.15) is 0 Å². The Bertz CT molecular complexity index is 924. The van der Waals surface area contributed by atoms with Crippen LogP contribution in [0.2, 0.25) is 0 Å². The van der Waals surface area contributed by atoms with Crippen LogP contribution < -0.4 is 20.9 Å². The first kappa shape index (κ1) is 19.4. The second kappa shape index (κ2) is 8.12. The highest BCUT2D eigenvalue weighted by atomic mass is 16.2. The number of para-hydroxylation sites is 2. The summed E-state index contributed by atoms with van der Waals surface area (Å²) in [6.45, 7) is 5.91.